The lowest BCUT2D eigenvalue weighted by atomic mass is 10.2. The zero-order chi connectivity index (χ0) is 10.8. The second-order valence-corrected chi connectivity index (χ2v) is 3.41. The van der Waals surface area contributed by atoms with Crippen LogP contribution in [0.25, 0.3) is 23.1 Å². The monoisotopic (exact) mass is 211 g/mol. The average molecular weight is 211 g/mol. The fourth-order valence-electron chi connectivity index (χ4n) is 1.58. The van der Waals surface area contributed by atoms with Crippen molar-refractivity contribution in [1.29, 1.82) is 0 Å². The maximum absolute atomic E-state index is 4.74. The first kappa shape index (κ1) is 8.91. The van der Waals surface area contributed by atoms with Crippen molar-refractivity contribution in [3.63, 3.8) is 0 Å². The highest BCUT2D eigenvalue weighted by molar-refractivity contribution is 5.88. The van der Waals surface area contributed by atoms with E-state index in [2.05, 4.69) is 15.4 Å². The third-order valence-corrected chi connectivity index (χ3v) is 2.37. The van der Waals surface area contributed by atoms with Crippen molar-refractivity contribution >= 4 is 23.1 Å². The number of aromatic amines is 1. The Labute approximate surface area is 91.6 Å². The molecule has 2 aromatic heterocycles. The average Bonchev–Trinajstić information content (AvgIpc) is 2.96. The molecule has 4 heteroatoms. The minimum atomic E-state index is 0.784. The summed E-state index contributed by atoms with van der Waals surface area (Å²) in [6.45, 7) is 0. The molecular formula is C12H9N3O. The van der Waals surface area contributed by atoms with Gasteiger partial charge in [-0.15, -0.1) is 0 Å². The summed E-state index contributed by atoms with van der Waals surface area (Å²) in [5.41, 5.74) is 2.72. The first-order valence-corrected chi connectivity index (χ1v) is 4.95. The largest absolute Gasteiger partial charge is 0.364 e. The number of H-pyrrole nitrogens is 1. The maximum atomic E-state index is 4.74. The summed E-state index contributed by atoms with van der Waals surface area (Å²) in [4.78, 5) is 0. The molecular weight excluding hydrogens is 202 g/mol. The lowest BCUT2D eigenvalue weighted by Gasteiger charge is -1.87. The Morgan fingerprint density at radius 2 is 2.06 bits per heavy atom. The number of fused-ring (bicyclic) bond motifs is 1. The summed E-state index contributed by atoms with van der Waals surface area (Å²) in [6.07, 6.45) is 5.32. The molecule has 0 saturated heterocycles. The normalized spacial score (nSPS) is 11.5. The summed E-state index contributed by atoms with van der Waals surface area (Å²) in [7, 11) is 0. The molecule has 0 radical (unpaired) electrons. The molecule has 2 heterocycles. The highest BCUT2D eigenvalue weighted by atomic mass is 16.5. The summed E-state index contributed by atoms with van der Waals surface area (Å²) in [5.74, 6) is 0. The minimum Gasteiger partial charge on any atom is -0.364 e. The summed E-state index contributed by atoms with van der Waals surface area (Å²) < 4.78 is 4.74. The third-order valence-electron chi connectivity index (χ3n) is 2.37. The van der Waals surface area contributed by atoms with E-state index in [0.717, 1.165) is 22.3 Å². The van der Waals surface area contributed by atoms with Gasteiger partial charge in [0.15, 0.2) is 0 Å². The predicted molar refractivity (Wildman–Crippen MR) is 61.5 cm³/mol. The third kappa shape index (κ3) is 1.50. The highest BCUT2D eigenvalue weighted by Crippen LogP contribution is 2.16. The smallest absolute Gasteiger partial charge is 0.124 e. The van der Waals surface area contributed by atoms with Crippen LogP contribution in [0, 0.1) is 0 Å². The van der Waals surface area contributed by atoms with Crippen LogP contribution < -0.4 is 0 Å². The summed E-state index contributed by atoms with van der Waals surface area (Å²) in [6, 6.07) is 9.79. The molecule has 1 aromatic carbocycles. The van der Waals surface area contributed by atoms with Gasteiger partial charge in [-0.3, -0.25) is 5.10 Å². The molecule has 3 rings (SSSR count). The molecule has 0 aliphatic rings. The van der Waals surface area contributed by atoms with E-state index >= 15 is 0 Å². The zero-order valence-electron chi connectivity index (χ0n) is 8.42. The van der Waals surface area contributed by atoms with Crippen molar-refractivity contribution in [2.45, 2.75) is 0 Å². The number of benzene rings is 1. The highest BCUT2D eigenvalue weighted by Gasteiger charge is 2.00. The van der Waals surface area contributed by atoms with E-state index < -0.39 is 0 Å². The number of hydrogen-bond acceptors (Lipinski definition) is 3. The van der Waals surface area contributed by atoms with Crippen molar-refractivity contribution in [1.82, 2.24) is 15.4 Å². The molecule has 4 nitrogen and oxygen atoms in total. The molecule has 0 spiro atoms. The van der Waals surface area contributed by atoms with E-state index in [-0.39, 0.29) is 0 Å². The van der Waals surface area contributed by atoms with E-state index in [1.54, 1.807) is 12.3 Å². The first-order chi connectivity index (χ1) is 7.93. The van der Waals surface area contributed by atoms with Gasteiger partial charge < -0.3 is 4.52 Å². The fraction of sp³-hybridized carbons (Fsp3) is 0. The van der Waals surface area contributed by atoms with Crippen LogP contribution in [-0.4, -0.2) is 15.4 Å². The summed E-state index contributed by atoms with van der Waals surface area (Å²) in [5, 5.41) is 12.1. The molecule has 0 atom stereocenters. The van der Waals surface area contributed by atoms with Crippen molar-refractivity contribution in [3.8, 4) is 0 Å². The lowest BCUT2D eigenvalue weighted by Crippen LogP contribution is -1.73. The molecule has 0 amide bonds. The van der Waals surface area contributed by atoms with Gasteiger partial charge in [-0.05, 0) is 18.2 Å². The number of nitrogens with zero attached hydrogens (tertiary/aromatic N) is 2. The summed E-state index contributed by atoms with van der Waals surface area (Å²) >= 11 is 0. The second kappa shape index (κ2) is 3.66. The van der Waals surface area contributed by atoms with Crippen LogP contribution in [0.1, 0.15) is 11.4 Å². The maximum Gasteiger partial charge on any atom is 0.124 e. The molecule has 0 saturated carbocycles. The molecule has 0 bridgehead atoms. The van der Waals surface area contributed by atoms with Crippen molar-refractivity contribution in [2.24, 2.45) is 0 Å². The molecule has 3 aromatic rings. The van der Waals surface area contributed by atoms with Crippen LogP contribution in [0.4, 0.5) is 0 Å². The quantitative estimate of drug-likeness (QED) is 0.709. The van der Waals surface area contributed by atoms with Crippen LogP contribution in [0.5, 0.6) is 0 Å². The van der Waals surface area contributed by atoms with Gasteiger partial charge in [0.05, 0.1) is 11.2 Å². The zero-order valence-corrected chi connectivity index (χ0v) is 8.42. The van der Waals surface area contributed by atoms with Crippen LogP contribution in [0.2, 0.25) is 0 Å². The van der Waals surface area contributed by atoms with Crippen LogP contribution in [0.15, 0.2) is 41.1 Å². The van der Waals surface area contributed by atoms with Crippen molar-refractivity contribution < 1.29 is 4.52 Å². The van der Waals surface area contributed by atoms with Gasteiger partial charge >= 0.3 is 0 Å². The van der Waals surface area contributed by atoms with Crippen molar-refractivity contribution in [3.05, 3.63) is 48.0 Å². The number of para-hydroxylation sites is 1. The molecule has 1 N–H and O–H groups in total. The van der Waals surface area contributed by atoms with Crippen LogP contribution in [-0.2, 0) is 0 Å². The van der Waals surface area contributed by atoms with Gasteiger partial charge in [0.25, 0.3) is 0 Å². The number of hydrogen-bond donors (Lipinski definition) is 1. The van der Waals surface area contributed by atoms with Gasteiger partial charge in [-0.2, -0.15) is 5.10 Å². The van der Waals surface area contributed by atoms with E-state index in [9.17, 15) is 0 Å². The van der Waals surface area contributed by atoms with E-state index in [4.69, 9.17) is 4.52 Å². The van der Waals surface area contributed by atoms with Crippen molar-refractivity contribution in [2.75, 3.05) is 0 Å². The molecule has 16 heavy (non-hydrogen) atoms. The van der Waals surface area contributed by atoms with E-state index in [1.165, 1.54) is 0 Å². The van der Waals surface area contributed by atoms with Gasteiger partial charge in [-0.1, -0.05) is 23.4 Å². The van der Waals surface area contributed by atoms with Crippen LogP contribution >= 0.6 is 0 Å². The Balaban J connectivity index is 2.01. The minimum absolute atomic E-state index is 0.784. The Morgan fingerprint density at radius 1 is 1.12 bits per heavy atom. The Kier molecular flexibility index (Phi) is 2.04. The van der Waals surface area contributed by atoms with Gasteiger partial charge in [-0.25, -0.2) is 0 Å². The molecule has 0 unspecified atom stereocenters. The SMILES string of the molecule is C(=Cc1n[nH]c2ccccc12)c1ccon1. The number of rotatable bonds is 2. The second-order valence-electron chi connectivity index (χ2n) is 3.41. The number of nitrogens with one attached hydrogen (secondary N) is 1. The van der Waals surface area contributed by atoms with E-state index in [0.29, 0.717) is 0 Å². The first-order valence-electron chi connectivity index (χ1n) is 4.95. The van der Waals surface area contributed by atoms with Crippen LogP contribution in [0.3, 0.4) is 0 Å². The lowest BCUT2D eigenvalue weighted by molar-refractivity contribution is 0.418. The molecule has 0 aliphatic heterocycles. The van der Waals surface area contributed by atoms with Gasteiger partial charge in [0, 0.05) is 11.5 Å². The molecule has 0 fully saturated rings. The fourth-order valence-corrected chi connectivity index (χ4v) is 1.58. The topological polar surface area (TPSA) is 54.7 Å². The Morgan fingerprint density at radius 3 is 2.94 bits per heavy atom. The Bertz CT molecular complexity index is 623. The molecule has 0 aliphatic carbocycles. The Hall–Kier alpha value is -2.36. The number of aromatic nitrogens is 3. The predicted octanol–water partition coefficient (Wildman–Crippen LogP) is 2.72. The standard InChI is InChI=1S/C12H9N3O/c1-2-4-11-10(3-1)12(14-13-11)6-5-9-7-8-16-15-9/h1-8H,(H,13,14). The van der Waals surface area contributed by atoms with Gasteiger partial charge in [0.1, 0.15) is 12.0 Å². The van der Waals surface area contributed by atoms with E-state index in [1.807, 2.05) is 36.4 Å². The van der Waals surface area contributed by atoms with Gasteiger partial charge in [0.2, 0.25) is 0 Å². The molecule has 78 valence electrons.